The summed E-state index contributed by atoms with van der Waals surface area (Å²) in [7, 11) is 0. The summed E-state index contributed by atoms with van der Waals surface area (Å²) in [5, 5.41) is 14.1. The minimum atomic E-state index is -0.800. The van der Waals surface area contributed by atoms with Crippen molar-refractivity contribution in [3.63, 3.8) is 0 Å². The molecule has 1 amide bonds. The maximum Gasteiger partial charge on any atom is 0.263 e. The predicted octanol–water partition coefficient (Wildman–Crippen LogP) is 2.08. The Morgan fingerprint density at radius 2 is 2.07 bits per heavy atom. The number of hydrogen-bond donors (Lipinski definition) is 1. The maximum atomic E-state index is 13.4. The number of amides is 1. The van der Waals surface area contributed by atoms with E-state index in [1.165, 1.54) is 23.2 Å². The number of carbonyl (C=O) groups is 1. The van der Waals surface area contributed by atoms with Gasteiger partial charge >= 0.3 is 0 Å². The van der Waals surface area contributed by atoms with Crippen LogP contribution in [0.2, 0.25) is 0 Å². The van der Waals surface area contributed by atoms with Gasteiger partial charge in [-0.3, -0.25) is 9.69 Å². The lowest BCUT2D eigenvalue weighted by Crippen LogP contribution is -2.24. The molecule has 2 aliphatic rings. The number of carbonyl (C=O) groups excluding carboxylic acids is 1. The molecule has 8 nitrogen and oxygen atoms in total. The number of pyridine rings is 2. The lowest BCUT2D eigenvalue weighted by molar-refractivity contribution is 0.0995. The van der Waals surface area contributed by atoms with Crippen molar-refractivity contribution in [2.45, 2.75) is 19.1 Å². The largest absolute Gasteiger partial charge is 0.508 e. The minimum Gasteiger partial charge on any atom is -0.508 e. The summed E-state index contributed by atoms with van der Waals surface area (Å²) in [5.41, 5.74) is 1.86. The highest BCUT2D eigenvalue weighted by molar-refractivity contribution is 6.09. The second-order valence-corrected chi connectivity index (χ2v) is 6.90. The first kappa shape index (κ1) is 16.7. The molecule has 28 heavy (non-hydrogen) atoms. The fourth-order valence-electron chi connectivity index (χ4n) is 3.57. The van der Waals surface area contributed by atoms with Gasteiger partial charge in [0, 0.05) is 25.0 Å². The number of halogens is 1. The van der Waals surface area contributed by atoms with Crippen molar-refractivity contribution in [1.29, 1.82) is 0 Å². The van der Waals surface area contributed by atoms with Crippen molar-refractivity contribution in [3.05, 3.63) is 54.1 Å². The molecule has 3 aromatic heterocycles. The fourth-order valence-corrected chi connectivity index (χ4v) is 3.57. The van der Waals surface area contributed by atoms with E-state index < -0.39 is 6.17 Å². The molecule has 0 bridgehead atoms. The minimum absolute atomic E-state index is 0.0515. The van der Waals surface area contributed by atoms with Gasteiger partial charge in [0.1, 0.15) is 23.6 Å². The molecule has 2 aliphatic heterocycles. The molecular formula is C19H17FN6O2. The molecule has 0 aromatic carbocycles. The Kier molecular flexibility index (Phi) is 3.75. The van der Waals surface area contributed by atoms with E-state index in [1.807, 2.05) is 17.0 Å². The smallest absolute Gasteiger partial charge is 0.263 e. The van der Waals surface area contributed by atoms with Crippen LogP contribution in [0.4, 0.5) is 16.0 Å². The van der Waals surface area contributed by atoms with E-state index in [9.17, 15) is 14.3 Å². The first-order valence-electron chi connectivity index (χ1n) is 8.99. The van der Waals surface area contributed by atoms with E-state index >= 15 is 0 Å². The molecule has 3 aromatic rings. The molecule has 142 valence electrons. The van der Waals surface area contributed by atoms with Gasteiger partial charge in [-0.15, -0.1) is 0 Å². The quantitative estimate of drug-likeness (QED) is 0.749. The Labute approximate surface area is 159 Å². The van der Waals surface area contributed by atoms with Gasteiger partial charge in [-0.25, -0.2) is 19.0 Å². The summed E-state index contributed by atoms with van der Waals surface area (Å²) in [6, 6.07) is 6.59. The van der Waals surface area contributed by atoms with Gasteiger partial charge in [0.2, 0.25) is 0 Å². The number of hydrogen-bond acceptors (Lipinski definition) is 6. The molecule has 0 radical (unpaired) electrons. The van der Waals surface area contributed by atoms with Gasteiger partial charge in [0.15, 0.2) is 0 Å². The maximum absolute atomic E-state index is 13.4. The number of rotatable bonds is 3. The van der Waals surface area contributed by atoms with Crippen LogP contribution in [-0.2, 0) is 6.54 Å². The summed E-state index contributed by atoms with van der Waals surface area (Å²) in [4.78, 5) is 24.6. The number of alkyl halides is 1. The zero-order valence-corrected chi connectivity index (χ0v) is 14.9. The Morgan fingerprint density at radius 1 is 1.18 bits per heavy atom. The van der Waals surface area contributed by atoms with Gasteiger partial charge < -0.3 is 10.0 Å². The van der Waals surface area contributed by atoms with Crippen molar-refractivity contribution in [3.8, 4) is 11.4 Å². The first-order chi connectivity index (χ1) is 13.6. The number of aromatic hydroxyl groups is 1. The van der Waals surface area contributed by atoms with Crippen LogP contribution in [0.25, 0.3) is 5.69 Å². The molecule has 1 saturated heterocycles. The lowest BCUT2D eigenvalue weighted by atomic mass is 10.3. The number of fused-ring (bicyclic) bond motifs is 1. The van der Waals surface area contributed by atoms with Gasteiger partial charge in [-0.05, 0) is 24.6 Å². The average molecular weight is 380 g/mol. The number of aromatic nitrogens is 4. The molecule has 0 aliphatic carbocycles. The number of anilines is 2. The SMILES string of the molecule is O=C1c2cn(-c3ccc(N4CC[C@@H](F)C4)nc3)nc2CN1c1cc(O)ccn1. The summed E-state index contributed by atoms with van der Waals surface area (Å²) in [6.07, 6.45) is 4.52. The van der Waals surface area contributed by atoms with Crippen molar-refractivity contribution >= 4 is 17.5 Å². The molecule has 1 atom stereocenters. The van der Waals surface area contributed by atoms with Crippen molar-refractivity contribution in [2.75, 3.05) is 22.9 Å². The normalized spacial score (nSPS) is 18.8. The average Bonchev–Trinajstić information content (AvgIpc) is 3.38. The third kappa shape index (κ3) is 2.75. The standard InChI is InChI=1S/C19H17FN6O2/c20-12-4-6-24(9-12)17-2-1-13(8-22-17)26-10-15-16(23-26)11-25(19(15)28)18-7-14(27)3-5-21-18/h1-3,5,7-8,10,12H,4,6,9,11H2,(H,21,27)/t12-/m1/s1. The second-order valence-electron chi connectivity index (χ2n) is 6.90. The third-order valence-corrected chi connectivity index (χ3v) is 5.03. The Morgan fingerprint density at radius 3 is 2.75 bits per heavy atom. The topological polar surface area (TPSA) is 87.4 Å². The van der Waals surface area contributed by atoms with Gasteiger partial charge in [-0.1, -0.05) is 0 Å². The highest BCUT2D eigenvalue weighted by Gasteiger charge is 2.33. The van der Waals surface area contributed by atoms with Crippen molar-refractivity contribution in [2.24, 2.45) is 0 Å². The van der Waals surface area contributed by atoms with Gasteiger partial charge in [0.05, 0.1) is 36.2 Å². The predicted molar refractivity (Wildman–Crippen MR) is 99.5 cm³/mol. The lowest BCUT2D eigenvalue weighted by Gasteiger charge is -2.16. The van der Waals surface area contributed by atoms with Crippen molar-refractivity contribution < 1.29 is 14.3 Å². The summed E-state index contributed by atoms with van der Waals surface area (Å²) in [6.45, 7) is 1.32. The van der Waals surface area contributed by atoms with Crippen LogP contribution in [0.5, 0.6) is 5.75 Å². The Balaban J connectivity index is 1.37. The van der Waals surface area contributed by atoms with Crippen LogP contribution in [0, 0.1) is 0 Å². The van der Waals surface area contributed by atoms with Crippen molar-refractivity contribution in [1.82, 2.24) is 19.7 Å². The van der Waals surface area contributed by atoms with E-state index in [0.717, 1.165) is 11.5 Å². The summed E-state index contributed by atoms with van der Waals surface area (Å²) >= 11 is 0. The van der Waals surface area contributed by atoms with Crippen LogP contribution in [0.3, 0.4) is 0 Å². The van der Waals surface area contributed by atoms with Crippen LogP contribution in [0.15, 0.2) is 42.9 Å². The molecule has 0 unspecified atom stereocenters. The van der Waals surface area contributed by atoms with E-state index in [-0.39, 0.29) is 18.2 Å². The summed E-state index contributed by atoms with van der Waals surface area (Å²) in [5.74, 6) is 0.962. The molecule has 1 N–H and O–H groups in total. The molecule has 1 fully saturated rings. The molecule has 9 heteroatoms. The molecule has 5 rings (SSSR count). The molecular weight excluding hydrogens is 363 g/mol. The van der Waals surface area contributed by atoms with E-state index in [2.05, 4.69) is 15.1 Å². The van der Waals surface area contributed by atoms with E-state index in [4.69, 9.17) is 0 Å². The fraction of sp³-hybridized carbons (Fsp3) is 0.263. The molecule has 0 saturated carbocycles. The summed E-state index contributed by atoms with van der Waals surface area (Å²) < 4.78 is 15.0. The molecule has 0 spiro atoms. The van der Waals surface area contributed by atoms with E-state index in [1.54, 1.807) is 17.1 Å². The Hall–Kier alpha value is -3.49. The second kappa shape index (κ2) is 6.29. The zero-order chi connectivity index (χ0) is 19.3. The van der Waals surface area contributed by atoms with Gasteiger partial charge in [0.25, 0.3) is 5.91 Å². The van der Waals surface area contributed by atoms with Gasteiger partial charge in [-0.2, -0.15) is 5.10 Å². The van der Waals surface area contributed by atoms with Crippen LogP contribution in [-0.4, -0.2) is 50.0 Å². The van der Waals surface area contributed by atoms with Crippen LogP contribution in [0.1, 0.15) is 22.5 Å². The monoisotopic (exact) mass is 380 g/mol. The highest BCUT2D eigenvalue weighted by Crippen LogP contribution is 2.29. The first-order valence-corrected chi connectivity index (χ1v) is 8.99. The van der Waals surface area contributed by atoms with Crippen LogP contribution < -0.4 is 9.80 Å². The van der Waals surface area contributed by atoms with E-state index in [0.29, 0.717) is 36.6 Å². The molecule has 5 heterocycles. The highest BCUT2D eigenvalue weighted by atomic mass is 19.1. The number of nitrogens with zero attached hydrogens (tertiary/aromatic N) is 6. The van der Waals surface area contributed by atoms with Crippen LogP contribution >= 0.6 is 0 Å². The zero-order valence-electron chi connectivity index (χ0n) is 14.9. The third-order valence-electron chi connectivity index (χ3n) is 5.03. The Bertz CT molecular complexity index is 1050.